The summed E-state index contributed by atoms with van der Waals surface area (Å²) in [4.78, 5) is 0. The van der Waals surface area contributed by atoms with Crippen LogP contribution in [-0.2, 0) is 0 Å². The lowest BCUT2D eigenvalue weighted by atomic mass is 10.2. The van der Waals surface area contributed by atoms with Crippen LogP contribution in [0.1, 0.15) is 0 Å². The lowest BCUT2D eigenvalue weighted by Crippen LogP contribution is -2.71. The minimum Gasteiger partial charge on any atom is -0.418 e. The fourth-order valence-electron chi connectivity index (χ4n) is 4.05. The van der Waals surface area contributed by atoms with Crippen molar-refractivity contribution in [2.24, 2.45) is 0 Å². The first-order chi connectivity index (χ1) is 14.4. The summed E-state index contributed by atoms with van der Waals surface area (Å²) in [5.74, 6) is 0. The van der Waals surface area contributed by atoms with Gasteiger partial charge >= 0.3 is 14.5 Å². The van der Waals surface area contributed by atoms with Crippen molar-refractivity contribution in [1.29, 1.82) is 0 Å². The largest absolute Gasteiger partial charge is 0.673 e. The highest BCUT2D eigenvalue weighted by molar-refractivity contribution is 6.50. The first kappa shape index (κ1) is 29.9. The molecule has 0 atom stereocenters. The van der Waals surface area contributed by atoms with Gasteiger partial charge in [-0.3, -0.25) is 8.97 Å². The van der Waals surface area contributed by atoms with Crippen LogP contribution < -0.4 is 0 Å². The van der Waals surface area contributed by atoms with Gasteiger partial charge in [-0.2, -0.15) is 0 Å². The molecule has 0 N–H and O–H groups in total. The Morgan fingerprint density at radius 3 is 0.719 bits per heavy atom. The zero-order chi connectivity index (χ0) is 24.9. The predicted octanol–water partition coefficient (Wildman–Crippen LogP) is 4.06. The molecule has 4 bridgehead atoms. The molecule has 6 saturated heterocycles. The molecular weight excluding hydrogens is 507 g/mol. The molecule has 6 aliphatic heterocycles. The van der Waals surface area contributed by atoms with Crippen molar-refractivity contribution in [2.45, 2.75) is 0 Å². The van der Waals surface area contributed by atoms with Crippen molar-refractivity contribution >= 4 is 37.7 Å². The molecule has 6 heterocycles. The molecule has 0 saturated carbocycles. The number of alkyl halides is 2. The van der Waals surface area contributed by atoms with E-state index in [-0.39, 0.29) is 9.41 Å². The van der Waals surface area contributed by atoms with Crippen LogP contribution in [0.4, 0.5) is 43.5 Å². The standard InChI is InChI=1S/2C7H14ClFN2.2BF4/c2*8-7-10-1-4-11(9,5-2-10)6-3-10;2*2-1(3,4)5/h2*1-7H2;;/q2*+2;2*-1. The molecule has 0 aromatic carbocycles. The third-order valence-electron chi connectivity index (χ3n) is 6.36. The van der Waals surface area contributed by atoms with E-state index in [1.54, 1.807) is 0 Å². The zero-order valence-electron chi connectivity index (χ0n) is 17.4. The second kappa shape index (κ2) is 11.1. The van der Waals surface area contributed by atoms with Gasteiger partial charge < -0.3 is 34.5 Å². The summed E-state index contributed by atoms with van der Waals surface area (Å²) in [5, 5.41) is 0. The van der Waals surface area contributed by atoms with Gasteiger partial charge in [0.15, 0.2) is 51.3 Å². The molecule has 6 aliphatic rings. The minimum atomic E-state index is -6.00. The van der Waals surface area contributed by atoms with E-state index in [1.165, 1.54) is 0 Å². The van der Waals surface area contributed by atoms with Crippen LogP contribution in [0.2, 0.25) is 0 Å². The smallest absolute Gasteiger partial charge is 0.418 e. The predicted molar refractivity (Wildman–Crippen MR) is 103 cm³/mol. The molecule has 6 rings (SSSR count). The lowest BCUT2D eigenvalue weighted by Gasteiger charge is -2.48. The quantitative estimate of drug-likeness (QED) is 0.125. The molecule has 0 radical (unpaired) electrons. The molecule has 0 aromatic rings. The average molecular weight is 535 g/mol. The maximum atomic E-state index is 13.5. The molecule has 192 valence electrons. The molecule has 0 aromatic heterocycles. The topological polar surface area (TPSA) is 0 Å². The maximum absolute atomic E-state index is 13.5. The number of rotatable bonds is 2. The molecule has 6 fully saturated rings. The molecule has 0 aliphatic carbocycles. The van der Waals surface area contributed by atoms with Crippen molar-refractivity contribution < 1.29 is 61.9 Å². The Morgan fingerprint density at radius 1 is 0.438 bits per heavy atom. The second-order valence-electron chi connectivity index (χ2n) is 8.65. The Balaban J connectivity index is 0.000000230. The Kier molecular flexibility index (Phi) is 10.3. The number of hydrogen-bond donors (Lipinski definition) is 0. The lowest BCUT2D eigenvalue weighted by molar-refractivity contribution is -1.15. The SMILES string of the molecule is F[B-](F)(F)F.F[B-](F)(F)F.F[N+]12CC[N+](CCl)(CC1)CC2.F[N+]12CC[N+](CCl)(CC1)CC2. The van der Waals surface area contributed by atoms with Crippen molar-refractivity contribution in [1.82, 2.24) is 0 Å². The van der Waals surface area contributed by atoms with Gasteiger partial charge in [-0.05, 0) is 8.96 Å². The van der Waals surface area contributed by atoms with Crippen LogP contribution in [0.5, 0.6) is 0 Å². The molecule has 18 heteroatoms. The Morgan fingerprint density at radius 2 is 0.594 bits per heavy atom. The Hall–Kier alpha value is -0.150. The number of halogens is 12. The molecule has 0 spiro atoms. The third-order valence-corrected chi connectivity index (χ3v) is 7.37. The molecular formula is C14H28B2Cl2F10N4+2. The van der Waals surface area contributed by atoms with E-state index in [0.29, 0.717) is 51.3 Å². The van der Waals surface area contributed by atoms with Crippen LogP contribution in [0, 0.1) is 0 Å². The molecule has 4 nitrogen and oxygen atoms in total. The summed E-state index contributed by atoms with van der Waals surface area (Å²) in [6.07, 6.45) is 0. The number of fused-ring (bicyclic) bond motifs is 6. The monoisotopic (exact) mass is 534 g/mol. The van der Waals surface area contributed by atoms with Gasteiger partial charge in [-0.15, -0.1) is 9.41 Å². The number of piperazine rings is 6. The second-order valence-corrected chi connectivity index (χ2v) is 9.13. The van der Waals surface area contributed by atoms with E-state index in [1.807, 2.05) is 0 Å². The van der Waals surface area contributed by atoms with E-state index in [0.717, 1.165) is 48.2 Å². The number of quaternary nitrogens is 4. The normalized spacial score (nSPS) is 37.9. The van der Waals surface area contributed by atoms with Gasteiger partial charge in [0.05, 0.1) is 0 Å². The Bertz CT molecular complexity index is 488. The fraction of sp³-hybridized carbons (Fsp3) is 1.00. The molecule has 32 heavy (non-hydrogen) atoms. The van der Waals surface area contributed by atoms with Gasteiger partial charge in [0, 0.05) is 0 Å². The molecule has 0 amide bonds. The highest BCUT2D eigenvalue weighted by atomic mass is 35.5. The van der Waals surface area contributed by atoms with Gasteiger partial charge in [-0.25, -0.2) is 0 Å². The summed E-state index contributed by atoms with van der Waals surface area (Å²) in [7, 11) is -12.0. The minimum absolute atomic E-state index is 0.198. The third kappa shape index (κ3) is 10.9. The first-order valence-corrected chi connectivity index (χ1v) is 11.1. The van der Waals surface area contributed by atoms with Crippen molar-refractivity contribution in [3.8, 4) is 0 Å². The fourth-order valence-corrected chi connectivity index (χ4v) is 4.77. The van der Waals surface area contributed by atoms with E-state index < -0.39 is 14.5 Å². The first-order valence-electron chi connectivity index (χ1n) is 10.0. The highest BCUT2D eigenvalue weighted by Gasteiger charge is 2.51. The van der Waals surface area contributed by atoms with Crippen LogP contribution in [0.3, 0.4) is 0 Å². The average Bonchev–Trinajstić information content (AvgIpc) is 2.68. The summed E-state index contributed by atoms with van der Waals surface area (Å²) in [6.45, 7) is 9.62. The van der Waals surface area contributed by atoms with Gasteiger partial charge in [0.1, 0.15) is 39.3 Å². The van der Waals surface area contributed by atoms with E-state index in [4.69, 9.17) is 23.2 Å². The van der Waals surface area contributed by atoms with Crippen LogP contribution in [0.25, 0.3) is 0 Å². The number of nitrogens with zero attached hydrogens (tertiary/aromatic N) is 4. The summed E-state index contributed by atoms with van der Waals surface area (Å²) < 4.78 is 107. The summed E-state index contributed by atoms with van der Waals surface area (Å²) in [6, 6.07) is 1.33. The van der Waals surface area contributed by atoms with Gasteiger partial charge in [0.25, 0.3) is 0 Å². The van der Waals surface area contributed by atoms with Gasteiger partial charge in [-0.1, -0.05) is 23.2 Å². The van der Waals surface area contributed by atoms with Crippen LogP contribution >= 0.6 is 23.2 Å². The molecule has 0 unspecified atom stereocenters. The number of hydrogen-bond acceptors (Lipinski definition) is 0. The van der Waals surface area contributed by atoms with Crippen LogP contribution in [-0.4, -0.2) is 123 Å². The van der Waals surface area contributed by atoms with Crippen molar-refractivity contribution in [2.75, 3.05) is 90.5 Å². The van der Waals surface area contributed by atoms with Gasteiger partial charge in [0.2, 0.25) is 0 Å². The summed E-state index contributed by atoms with van der Waals surface area (Å²) in [5.41, 5.74) is 0. The summed E-state index contributed by atoms with van der Waals surface area (Å²) >= 11 is 11.7. The highest BCUT2D eigenvalue weighted by Crippen LogP contribution is 2.28. The van der Waals surface area contributed by atoms with E-state index in [9.17, 15) is 43.5 Å². The van der Waals surface area contributed by atoms with Crippen LogP contribution in [0.15, 0.2) is 0 Å². The van der Waals surface area contributed by atoms with E-state index in [2.05, 4.69) is 0 Å². The van der Waals surface area contributed by atoms with Crippen molar-refractivity contribution in [3.63, 3.8) is 0 Å². The Labute approximate surface area is 190 Å². The zero-order valence-corrected chi connectivity index (χ0v) is 18.9. The van der Waals surface area contributed by atoms with E-state index >= 15 is 0 Å². The maximum Gasteiger partial charge on any atom is 0.673 e. The van der Waals surface area contributed by atoms with Crippen molar-refractivity contribution in [3.05, 3.63) is 0 Å².